The van der Waals surface area contributed by atoms with Gasteiger partial charge in [0, 0.05) is 42.7 Å². The molecule has 15 heteroatoms. The summed E-state index contributed by atoms with van der Waals surface area (Å²) in [6, 6.07) is 8.92. The molecule has 0 saturated carbocycles. The lowest BCUT2D eigenvalue weighted by Crippen LogP contribution is -2.51. The number of sulfonamides is 1. The van der Waals surface area contributed by atoms with Gasteiger partial charge in [0.15, 0.2) is 0 Å². The summed E-state index contributed by atoms with van der Waals surface area (Å²) in [4.78, 5) is 30.5. The second-order valence-corrected chi connectivity index (χ2v) is 17.2. The summed E-state index contributed by atoms with van der Waals surface area (Å²) >= 11 is 6.29. The number of halogens is 5. The number of rotatable bonds is 10. The summed E-state index contributed by atoms with van der Waals surface area (Å²) in [7, 11) is -1.38. The van der Waals surface area contributed by atoms with Crippen molar-refractivity contribution >= 4 is 39.1 Å². The fourth-order valence-corrected chi connectivity index (χ4v) is 9.21. The molecular weight excluding hydrogens is 724 g/mol. The van der Waals surface area contributed by atoms with Gasteiger partial charge in [0.1, 0.15) is 24.2 Å². The summed E-state index contributed by atoms with van der Waals surface area (Å²) in [5, 5.41) is -0.483. The number of alkyl halides is 3. The number of likely N-dealkylation sites (N-methyl/N-ethyl adjacent to an activating group) is 2. The Morgan fingerprint density at radius 1 is 1.17 bits per heavy atom. The van der Waals surface area contributed by atoms with Crippen LogP contribution in [0.4, 0.5) is 23.2 Å². The average molecular weight is 771 g/mol. The quantitative estimate of drug-likeness (QED) is 0.271. The predicted molar refractivity (Wildman–Crippen MR) is 193 cm³/mol. The van der Waals surface area contributed by atoms with E-state index >= 15 is 4.39 Å². The first-order valence-electron chi connectivity index (χ1n) is 17.6. The van der Waals surface area contributed by atoms with Crippen molar-refractivity contribution in [3.8, 4) is 5.75 Å². The summed E-state index contributed by atoms with van der Waals surface area (Å²) in [6.45, 7) is 4.58. The number of nitrogens with zero attached hydrogens (tertiary/aromatic N) is 3. The molecule has 2 aromatic carbocycles. The number of hydrogen-bond acceptors (Lipinski definition) is 7. The number of amides is 2. The van der Waals surface area contributed by atoms with Crippen molar-refractivity contribution < 1.29 is 40.3 Å². The summed E-state index contributed by atoms with van der Waals surface area (Å²) in [5.41, 5.74) is 2.83. The molecule has 3 aliphatic rings. The minimum atomic E-state index is -4.66. The van der Waals surface area contributed by atoms with E-state index in [1.165, 1.54) is 24.1 Å². The predicted octanol–water partition coefficient (Wildman–Crippen LogP) is 6.64. The third-order valence-corrected chi connectivity index (χ3v) is 13.0. The van der Waals surface area contributed by atoms with E-state index in [0.717, 1.165) is 32.4 Å². The number of hydrogen-bond donors (Lipinski definition) is 1. The van der Waals surface area contributed by atoms with Gasteiger partial charge in [0.05, 0.1) is 17.5 Å². The first kappa shape index (κ1) is 39.8. The number of carbonyl (C=O) groups excluding carboxylic acids is 2. The first-order valence-corrected chi connectivity index (χ1v) is 19.5. The van der Waals surface area contributed by atoms with Gasteiger partial charge in [-0.05, 0) is 106 Å². The van der Waals surface area contributed by atoms with Gasteiger partial charge in [-0.15, -0.1) is 0 Å². The maximum Gasteiger partial charge on any atom is 0.406 e. The van der Waals surface area contributed by atoms with Crippen LogP contribution in [0.25, 0.3) is 0 Å². The van der Waals surface area contributed by atoms with Crippen molar-refractivity contribution in [2.75, 3.05) is 45.2 Å². The van der Waals surface area contributed by atoms with E-state index in [9.17, 15) is 31.2 Å². The van der Waals surface area contributed by atoms with Crippen molar-refractivity contribution in [2.24, 2.45) is 5.92 Å². The Morgan fingerprint density at radius 2 is 1.90 bits per heavy atom. The Labute approximate surface area is 308 Å². The number of anilines is 1. The van der Waals surface area contributed by atoms with Crippen molar-refractivity contribution in [2.45, 2.75) is 88.2 Å². The van der Waals surface area contributed by atoms with Crippen LogP contribution in [-0.4, -0.2) is 93.9 Å². The molecule has 52 heavy (non-hydrogen) atoms. The number of nitrogens with one attached hydrogen (secondary N) is 1. The molecule has 0 unspecified atom stereocenters. The highest BCUT2D eigenvalue weighted by molar-refractivity contribution is 7.90. The van der Waals surface area contributed by atoms with E-state index in [1.807, 2.05) is 24.1 Å². The average Bonchev–Trinajstić information content (AvgIpc) is 3.43. The van der Waals surface area contributed by atoms with Crippen LogP contribution < -0.4 is 14.4 Å². The highest BCUT2D eigenvalue weighted by Crippen LogP contribution is 2.44. The van der Waals surface area contributed by atoms with E-state index < -0.39 is 57.6 Å². The minimum Gasteiger partial charge on any atom is -0.490 e. The lowest BCUT2D eigenvalue weighted by Gasteiger charge is -2.39. The molecule has 2 heterocycles. The van der Waals surface area contributed by atoms with Crippen molar-refractivity contribution in [1.82, 2.24) is 14.5 Å². The molecule has 1 aliphatic carbocycles. The maximum absolute atomic E-state index is 15.7. The molecular formula is C37H47ClF4N4O5S. The molecule has 5 atom stereocenters. The zero-order chi connectivity index (χ0) is 38.2. The van der Waals surface area contributed by atoms with E-state index in [-0.39, 0.29) is 23.4 Å². The molecule has 0 bridgehead atoms. The van der Waals surface area contributed by atoms with Gasteiger partial charge in [-0.3, -0.25) is 14.5 Å². The van der Waals surface area contributed by atoms with Crippen LogP contribution in [0.2, 0.25) is 5.02 Å². The van der Waals surface area contributed by atoms with Crippen LogP contribution in [0.5, 0.6) is 5.75 Å². The number of fused-ring (bicyclic) bond motifs is 3. The van der Waals surface area contributed by atoms with E-state index in [0.29, 0.717) is 53.9 Å². The van der Waals surface area contributed by atoms with Crippen LogP contribution in [0.3, 0.4) is 0 Å². The third-order valence-electron chi connectivity index (χ3n) is 10.9. The molecule has 9 nitrogen and oxygen atoms in total. The van der Waals surface area contributed by atoms with Crippen LogP contribution in [0, 0.1) is 5.92 Å². The molecule has 1 spiro atoms. The van der Waals surface area contributed by atoms with Gasteiger partial charge in [0.25, 0.3) is 5.91 Å². The lowest BCUT2D eigenvalue weighted by molar-refractivity contribution is -0.161. The van der Waals surface area contributed by atoms with Crippen molar-refractivity contribution in [1.29, 1.82) is 0 Å². The lowest BCUT2D eigenvalue weighted by atomic mass is 9.70. The van der Waals surface area contributed by atoms with E-state index in [2.05, 4.69) is 10.8 Å². The Balaban J connectivity index is 1.27. The summed E-state index contributed by atoms with van der Waals surface area (Å²) in [6.07, 6.45) is 0.394. The molecule has 2 aromatic rings. The molecule has 1 saturated heterocycles. The fourth-order valence-electron chi connectivity index (χ4n) is 7.73. The zero-order valence-corrected chi connectivity index (χ0v) is 31.7. The normalized spacial score (nSPS) is 22.8. The SMILES string of the molecule is C[C@@H]1CCCN1[C@@H](C(=O)N(C)CC(F)(F)F)/C(F)=C/C[C@H](C)[C@@H](C)S(=O)(=O)NC(=O)c1ccc2c(c1)N(C)C[C@@]1(CCCc3cc(Cl)ccc31)CO2. The largest absolute Gasteiger partial charge is 0.490 e. The number of likely N-dealkylation sites (tertiary alicyclic amines) is 1. The van der Waals surface area contributed by atoms with E-state index in [4.69, 9.17) is 16.3 Å². The Kier molecular flexibility index (Phi) is 11.9. The fraction of sp³-hybridized carbons (Fsp3) is 0.568. The molecule has 2 aliphatic heterocycles. The van der Waals surface area contributed by atoms with Gasteiger partial charge in [0.2, 0.25) is 15.9 Å². The van der Waals surface area contributed by atoms with Crippen LogP contribution in [0.15, 0.2) is 48.3 Å². The van der Waals surface area contributed by atoms with Gasteiger partial charge < -0.3 is 14.5 Å². The topological polar surface area (TPSA) is 99.3 Å². The number of ether oxygens (including phenoxy) is 1. The number of aryl methyl sites for hydroxylation is 1. The molecule has 2 amide bonds. The number of allylic oxidation sites excluding steroid dienone is 1. The molecule has 5 rings (SSSR count). The van der Waals surface area contributed by atoms with Gasteiger partial charge in [-0.25, -0.2) is 17.5 Å². The molecule has 286 valence electrons. The summed E-state index contributed by atoms with van der Waals surface area (Å²) in [5.74, 6) is -2.96. The number of carbonyl (C=O) groups is 2. The second-order valence-electron chi connectivity index (χ2n) is 14.7. The second kappa shape index (κ2) is 15.5. The Hall–Kier alpha value is -3.36. The van der Waals surface area contributed by atoms with Crippen LogP contribution in [0.1, 0.15) is 74.4 Å². The van der Waals surface area contributed by atoms with Gasteiger partial charge in [-0.1, -0.05) is 30.7 Å². The van der Waals surface area contributed by atoms with E-state index in [1.54, 1.807) is 30.9 Å². The zero-order valence-electron chi connectivity index (χ0n) is 30.1. The Bertz CT molecular complexity index is 1810. The van der Waals surface area contributed by atoms with Gasteiger partial charge in [-0.2, -0.15) is 13.2 Å². The standard InChI is InChI=1S/C37H47ClF4N4O5S/c1-23(10-14-30(39)33(46-17-7-8-24(46)2)35(48)45(5)21-37(40,41)42)25(3)52(49,50)43-34(47)27-11-15-32-31(19-27)44(4)20-36(22-51-32)16-6-9-26-18-28(38)12-13-29(26)36/h11-15,18-19,23-25,33H,6-10,16-17,20-22H2,1-5H3,(H,43,47)/b30-14-/t23-,24+,25+,33+,36-/m0/s1. The van der Waals surface area contributed by atoms with Crippen molar-refractivity contribution in [3.63, 3.8) is 0 Å². The van der Waals surface area contributed by atoms with Gasteiger partial charge >= 0.3 is 6.18 Å². The molecule has 0 aromatic heterocycles. The van der Waals surface area contributed by atoms with Crippen molar-refractivity contribution in [3.05, 3.63) is 70.0 Å². The summed E-state index contributed by atoms with van der Waals surface area (Å²) < 4.78 is 90.2. The minimum absolute atomic E-state index is 0.111. The first-order chi connectivity index (χ1) is 24.3. The monoisotopic (exact) mass is 770 g/mol. The third kappa shape index (κ3) is 8.71. The Morgan fingerprint density at radius 3 is 2.58 bits per heavy atom. The maximum atomic E-state index is 15.7. The van der Waals surface area contributed by atoms with Crippen LogP contribution >= 0.6 is 11.6 Å². The number of benzene rings is 2. The highest BCUT2D eigenvalue weighted by Gasteiger charge is 2.42. The highest BCUT2D eigenvalue weighted by atomic mass is 35.5. The molecule has 0 radical (unpaired) electrons. The van der Waals surface area contributed by atoms with Crippen LogP contribution in [-0.2, 0) is 26.7 Å². The molecule has 1 N–H and O–H groups in total. The smallest absolute Gasteiger partial charge is 0.406 e. The molecule has 1 fully saturated rings.